The fraction of sp³-hybridized carbons (Fsp3) is 0.350. The van der Waals surface area contributed by atoms with E-state index >= 15 is 0 Å². The van der Waals surface area contributed by atoms with Crippen LogP contribution in [-0.4, -0.2) is 26.7 Å². The van der Waals surface area contributed by atoms with Crippen molar-refractivity contribution in [1.29, 1.82) is 0 Å². The van der Waals surface area contributed by atoms with E-state index in [-0.39, 0.29) is 12.5 Å². The lowest BCUT2D eigenvalue weighted by molar-refractivity contribution is -0.118. The lowest BCUT2D eigenvalue weighted by Crippen LogP contribution is -2.21. The van der Waals surface area contributed by atoms with E-state index in [0.717, 1.165) is 29.7 Å². The summed E-state index contributed by atoms with van der Waals surface area (Å²) in [6.45, 7) is 4.06. The molecule has 1 N–H and O–H groups in total. The van der Waals surface area contributed by atoms with Gasteiger partial charge in [-0.15, -0.1) is 0 Å². The van der Waals surface area contributed by atoms with Crippen LogP contribution in [0.1, 0.15) is 25.0 Å². The standard InChI is InChI=1S/C20H25NO4/c1-5-14-8-7-9-15(6-2)20(14)21-19(22)13-25-18-11-16(23-3)10-17(12-18)24-4/h7-12H,5-6,13H2,1-4H3,(H,21,22). The molecule has 0 saturated heterocycles. The fourth-order valence-corrected chi connectivity index (χ4v) is 2.59. The van der Waals surface area contributed by atoms with Gasteiger partial charge in [0.15, 0.2) is 6.61 Å². The maximum absolute atomic E-state index is 12.3. The number of hydrogen-bond donors (Lipinski definition) is 1. The molecule has 1 amide bonds. The molecule has 2 aromatic carbocycles. The van der Waals surface area contributed by atoms with Crippen LogP contribution < -0.4 is 19.5 Å². The number of benzene rings is 2. The molecule has 2 rings (SSSR count). The minimum absolute atomic E-state index is 0.0858. The number of rotatable bonds is 8. The van der Waals surface area contributed by atoms with Gasteiger partial charge in [-0.05, 0) is 24.0 Å². The summed E-state index contributed by atoms with van der Waals surface area (Å²) in [4.78, 5) is 12.3. The van der Waals surface area contributed by atoms with Gasteiger partial charge in [0.25, 0.3) is 5.91 Å². The zero-order chi connectivity index (χ0) is 18.2. The van der Waals surface area contributed by atoms with Crippen molar-refractivity contribution in [3.05, 3.63) is 47.5 Å². The molecule has 0 aliphatic rings. The van der Waals surface area contributed by atoms with Crippen LogP contribution in [0.3, 0.4) is 0 Å². The Morgan fingerprint density at radius 3 is 1.92 bits per heavy atom. The molecule has 0 atom stereocenters. The first-order valence-corrected chi connectivity index (χ1v) is 8.37. The lowest BCUT2D eigenvalue weighted by atomic mass is 10.0. The number of ether oxygens (including phenoxy) is 3. The summed E-state index contributed by atoms with van der Waals surface area (Å²) in [5.41, 5.74) is 3.14. The number of anilines is 1. The third-order valence-electron chi connectivity index (χ3n) is 3.96. The van der Waals surface area contributed by atoms with Crippen LogP contribution in [0.4, 0.5) is 5.69 Å². The molecule has 0 unspecified atom stereocenters. The van der Waals surface area contributed by atoms with Crippen LogP contribution in [0.15, 0.2) is 36.4 Å². The molecule has 0 aliphatic heterocycles. The molecule has 0 aliphatic carbocycles. The Bertz CT molecular complexity index is 683. The minimum Gasteiger partial charge on any atom is -0.496 e. The van der Waals surface area contributed by atoms with Crippen molar-refractivity contribution in [2.75, 3.05) is 26.1 Å². The molecule has 0 spiro atoms. The van der Waals surface area contributed by atoms with Crippen LogP contribution >= 0.6 is 0 Å². The van der Waals surface area contributed by atoms with E-state index < -0.39 is 0 Å². The van der Waals surface area contributed by atoms with Crippen LogP contribution in [0.25, 0.3) is 0 Å². The molecule has 0 bridgehead atoms. The Morgan fingerprint density at radius 2 is 1.44 bits per heavy atom. The van der Waals surface area contributed by atoms with Crippen molar-refractivity contribution in [2.24, 2.45) is 0 Å². The van der Waals surface area contributed by atoms with E-state index in [0.29, 0.717) is 17.2 Å². The maximum Gasteiger partial charge on any atom is 0.262 e. The highest BCUT2D eigenvalue weighted by molar-refractivity contribution is 5.93. The van der Waals surface area contributed by atoms with E-state index in [1.54, 1.807) is 32.4 Å². The van der Waals surface area contributed by atoms with Gasteiger partial charge in [-0.3, -0.25) is 4.79 Å². The number of hydrogen-bond acceptors (Lipinski definition) is 4. The number of nitrogens with one attached hydrogen (secondary N) is 1. The van der Waals surface area contributed by atoms with E-state index in [2.05, 4.69) is 19.2 Å². The zero-order valence-electron chi connectivity index (χ0n) is 15.2. The van der Waals surface area contributed by atoms with Gasteiger partial charge >= 0.3 is 0 Å². The summed E-state index contributed by atoms with van der Waals surface area (Å²) < 4.78 is 16.0. The smallest absolute Gasteiger partial charge is 0.262 e. The Balaban J connectivity index is 2.07. The number of carbonyl (C=O) groups is 1. The van der Waals surface area contributed by atoms with Crippen LogP contribution in [-0.2, 0) is 17.6 Å². The first kappa shape index (κ1) is 18.6. The van der Waals surface area contributed by atoms with Crippen LogP contribution in [0.5, 0.6) is 17.2 Å². The molecule has 2 aromatic rings. The molecule has 134 valence electrons. The van der Waals surface area contributed by atoms with Crippen molar-refractivity contribution in [3.8, 4) is 17.2 Å². The normalized spacial score (nSPS) is 10.2. The summed E-state index contributed by atoms with van der Waals surface area (Å²) in [6.07, 6.45) is 1.72. The number of methoxy groups -OCH3 is 2. The van der Waals surface area contributed by atoms with E-state index in [4.69, 9.17) is 14.2 Å². The van der Waals surface area contributed by atoms with Gasteiger partial charge < -0.3 is 19.5 Å². The van der Waals surface area contributed by atoms with Crippen molar-refractivity contribution in [1.82, 2.24) is 0 Å². The second kappa shape index (κ2) is 8.97. The molecule has 0 radical (unpaired) electrons. The molecular formula is C20H25NO4. The van der Waals surface area contributed by atoms with Crippen LogP contribution in [0.2, 0.25) is 0 Å². The molecule has 0 heterocycles. The summed E-state index contributed by atoms with van der Waals surface area (Å²) in [6, 6.07) is 11.3. The Morgan fingerprint density at radius 1 is 0.920 bits per heavy atom. The van der Waals surface area contributed by atoms with Gasteiger partial charge in [-0.2, -0.15) is 0 Å². The van der Waals surface area contributed by atoms with Gasteiger partial charge in [0, 0.05) is 23.9 Å². The summed E-state index contributed by atoms with van der Waals surface area (Å²) in [5.74, 6) is 1.54. The summed E-state index contributed by atoms with van der Waals surface area (Å²) in [5, 5.41) is 2.98. The second-order valence-electron chi connectivity index (χ2n) is 5.54. The van der Waals surface area contributed by atoms with Gasteiger partial charge in [0.2, 0.25) is 0 Å². The third-order valence-corrected chi connectivity index (χ3v) is 3.96. The van der Waals surface area contributed by atoms with Crippen molar-refractivity contribution in [3.63, 3.8) is 0 Å². The molecule has 25 heavy (non-hydrogen) atoms. The average molecular weight is 343 g/mol. The minimum atomic E-state index is -0.197. The Hall–Kier alpha value is -2.69. The molecule has 0 fully saturated rings. The topological polar surface area (TPSA) is 56.8 Å². The second-order valence-corrected chi connectivity index (χ2v) is 5.54. The van der Waals surface area contributed by atoms with Gasteiger partial charge in [-0.25, -0.2) is 0 Å². The van der Waals surface area contributed by atoms with Crippen molar-refractivity contribution < 1.29 is 19.0 Å². The number of aryl methyl sites for hydroxylation is 2. The highest BCUT2D eigenvalue weighted by Crippen LogP contribution is 2.27. The van der Waals surface area contributed by atoms with Gasteiger partial charge in [0.1, 0.15) is 17.2 Å². The molecule has 0 aromatic heterocycles. The van der Waals surface area contributed by atoms with E-state index in [1.165, 1.54) is 0 Å². The van der Waals surface area contributed by atoms with Gasteiger partial charge in [-0.1, -0.05) is 32.0 Å². The molecular weight excluding hydrogens is 318 g/mol. The number of carbonyl (C=O) groups excluding carboxylic acids is 1. The largest absolute Gasteiger partial charge is 0.496 e. The summed E-state index contributed by atoms with van der Waals surface area (Å²) >= 11 is 0. The molecule has 5 heteroatoms. The highest BCUT2D eigenvalue weighted by atomic mass is 16.5. The average Bonchev–Trinajstić information content (AvgIpc) is 2.66. The van der Waals surface area contributed by atoms with Crippen molar-refractivity contribution in [2.45, 2.75) is 26.7 Å². The van der Waals surface area contributed by atoms with Gasteiger partial charge in [0.05, 0.1) is 14.2 Å². The number of amides is 1. The first-order valence-electron chi connectivity index (χ1n) is 8.37. The maximum atomic E-state index is 12.3. The fourth-order valence-electron chi connectivity index (χ4n) is 2.59. The molecule has 5 nitrogen and oxygen atoms in total. The monoisotopic (exact) mass is 343 g/mol. The van der Waals surface area contributed by atoms with E-state index in [9.17, 15) is 4.79 Å². The molecule has 0 saturated carbocycles. The summed E-state index contributed by atoms with van der Waals surface area (Å²) in [7, 11) is 3.14. The van der Waals surface area contributed by atoms with Crippen LogP contribution in [0, 0.1) is 0 Å². The lowest BCUT2D eigenvalue weighted by Gasteiger charge is -2.15. The predicted molar refractivity (Wildman–Crippen MR) is 98.9 cm³/mol. The first-order chi connectivity index (χ1) is 12.1. The number of para-hydroxylation sites is 1. The Kier molecular flexibility index (Phi) is 6.69. The highest BCUT2D eigenvalue weighted by Gasteiger charge is 2.11. The Labute approximate surface area is 148 Å². The zero-order valence-corrected chi connectivity index (χ0v) is 15.2. The predicted octanol–water partition coefficient (Wildman–Crippen LogP) is 3.85. The van der Waals surface area contributed by atoms with Crippen molar-refractivity contribution >= 4 is 11.6 Å². The third kappa shape index (κ3) is 4.89. The SMILES string of the molecule is CCc1cccc(CC)c1NC(=O)COc1cc(OC)cc(OC)c1. The quantitative estimate of drug-likeness (QED) is 0.791. The van der Waals surface area contributed by atoms with E-state index in [1.807, 2.05) is 18.2 Å².